The third-order valence-corrected chi connectivity index (χ3v) is 6.30. The molecule has 1 aliphatic heterocycles. The molecule has 2 unspecified atom stereocenters. The normalized spacial score (nSPS) is 38.0. The van der Waals surface area contributed by atoms with Crippen molar-refractivity contribution in [1.82, 2.24) is 0 Å². The molecule has 0 aromatic rings. The van der Waals surface area contributed by atoms with Gasteiger partial charge >= 0.3 is 0 Å². The van der Waals surface area contributed by atoms with Gasteiger partial charge < -0.3 is 0 Å². The van der Waals surface area contributed by atoms with Crippen LogP contribution in [0.5, 0.6) is 0 Å². The second-order valence-electron chi connectivity index (χ2n) is 2.14. The average Bonchev–Trinajstić information content (AvgIpc) is 2.16. The smallest absolute Gasteiger partial charge is 0.0916 e. The summed E-state index contributed by atoms with van der Waals surface area (Å²) in [6.07, 6.45) is 1.02. The van der Waals surface area contributed by atoms with Crippen LogP contribution in [0, 0.1) is 0 Å². The topological polar surface area (TPSA) is 29.4 Å². The van der Waals surface area contributed by atoms with Gasteiger partial charge in [0.1, 0.15) is 0 Å². The quantitative estimate of drug-likeness (QED) is 0.520. The molecule has 4 heteroatoms. The van der Waals surface area contributed by atoms with Gasteiger partial charge in [-0.3, -0.25) is 0 Å². The second kappa shape index (κ2) is 2.74. The summed E-state index contributed by atoms with van der Waals surface area (Å²) in [5, 5.41) is 0. The van der Waals surface area contributed by atoms with Gasteiger partial charge in [-0.15, -0.1) is 0 Å². The van der Waals surface area contributed by atoms with E-state index in [1.165, 1.54) is 0 Å². The van der Waals surface area contributed by atoms with Crippen LogP contribution in [0.3, 0.4) is 0 Å². The van der Waals surface area contributed by atoms with Gasteiger partial charge in [0.15, 0.2) is 0 Å². The van der Waals surface area contributed by atoms with Crippen molar-refractivity contribution >= 4 is 32.3 Å². The van der Waals surface area contributed by atoms with Crippen LogP contribution in [0.15, 0.2) is 4.36 Å². The molecule has 0 amide bonds. The fourth-order valence-electron chi connectivity index (χ4n) is 0.820. The minimum absolute atomic E-state index is 0.220. The third kappa shape index (κ3) is 1.58. The predicted octanol–water partition coefficient (Wildman–Crippen LogP) is 1.64. The molecule has 2 atom stereocenters. The van der Waals surface area contributed by atoms with Crippen LogP contribution in [-0.2, 0) is 9.73 Å². The highest BCUT2D eigenvalue weighted by Gasteiger charge is 2.18. The minimum atomic E-state index is -1.76. The van der Waals surface area contributed by atoms with Crippen LogP contribution < -0.4 is 0 Å². The number of halogens is 1. The SMILES string of the molecule is CC(I)S1(=O)=NCCC1. The highest BCUT2D eigenvalue weighted by Crippen LogP contribution is 2.18. The molecule has 0 saturated carbocycles. The van der Waals surface area contributed by atoms with Crippen LogP contribution in [0.25, 0.3) is 0 Å². The van der Waals surface area contributed by atoms with Crippen molar-refractivity contribution < 1.29 is 4.21 Å². The number of rotatable bonds is 1. The fraction of sp³-hybridized carbons (Fsp3) is 1.00. The summed E-state index contributed by atoms with van der Waals surface area (Å²) in [7, 11) is -1.76. The number of hydrogen-bond donors (Lipinski definition) is 0. The average molecular weight is 259 g/mol. The fourth-order valence-corrected chi connectivity index (χ4v) is 3.71. The summed E-state index contributed by atoms with van der Waals surface area (Å²) < 4.78 is 15.8. The largest absolute Gasteiger partial charge is 0.249 e. The molecule has 0 N–H and O–H groups in total. The summed E-state index contributed by atoms with van der Waals surface area (Å²) in [5.41, 5.74) is 0. The van der Waals surface area contributed by atoms with Gasteiger partial charge in [0, 0.05) is 12.3 Å². The van der Waals surface area contributed by atoms with Crippen molar-refractivity contribution in [3.63, 3.8) is 0 Å². The van der Waals surface area contributed by atoms with Crippen molar-refractivity contribution in [3.8, 4) is 0 Å². The van der Waals surface area contributed by atoms with E-state index in [9.17, 15) is 4.21 Å². The molecule has 0 spiro atoms. The van der Waals surface area contributed by atoms with Crippen molar-refractivity contribution in [2.24, 2.45) is 4.36 Å². The number of alkyl halides is 1. The molecule has 0 aliphatic carbocycles. The molecule has 0 fully saturated rings. The standard InChI is InChI=1S/C5H10INOS/c1-5(6)9(8)4-2-3-7-9/h5H,2-4H2,1H3. The zero-order valence-corrected chi connectivity index (χ0v) is 8.31. The Morgan fingerprint density at radius 1 is 1.78 bits per heavy atom. The Balaban J connectivity index is 2.86. The Kier molecular flexibility index (Phi) is 2.37. The molecule has 0 aromatic heterocycles. The van der Waals surface area contributed by atoms with E-state index in [1.54, 1.807) is 0 Å². The van der Waals surface area contributed by atoms with E-state index in [0.717, 1.165) is 18.7 Å². The van der Waals surface area contributed by atoms with E-state index in [0.29, 0.717) is 0 Å². The molecule has 54 valence electrons. The molecular weight excluding hydrogens is 249 g/mol. The van der Waals surface area contributed by atoms with E-state index in [1.807, 2.05) is 6.92 Å². The van der Waals surface area contributed by atoms with E-state index in [-0.39, 0.29) is 3.26 Å². The minimum Gasteiger partial charge on any atom is -0.249 e. The molecule has 1 rings (SSSR count). The second-order valence-corrected chi connectivity index (χ2v) is 7.61. The van der Waals surface area contributed by atoms with Crippen molar-refractivity contribution in [3.05, 3.63) is 0 Å². The zero-order chi connectivity index (χ0) is 6.91. The summed E-state index contributed by atoms with van der Waals surface area (Å²) in [6.45, 7) is 2.78. The predicted molar refractivity (Wildman–Crippen MR) is 48.4 cm³/mol. The molecule has 0 bridgehead atoms. The number of nitrogens with zero attached hydrogens (tertiary/aromatic N) is 1. The Morgan fingerprint density at radius 2 is 2.44 bits per heavy atom. The molecule has 2 nitrogen and oxygen atoms in total. The summed E-state index contributed by atoms with van der Waals surface area (Å²) in [4.78, 5) is 0. The van der Waals surface area contributed by atoms with Crippen LogP contribution >= 0.6 is 22.6 Å². The Morgan fingerprint density at radius 3 is 2.67 bits per heavy atom. The Labute approximate surface area is 69.7 Å². The Bertz CT molecular complexity index is 205. The lowest BCUT2D eigenvalue weighted by atomic mass is 10.5. The van der Waals surface area contributed by atoms with Crippen LogP contribution in [0.4, 0.5) is 0 Å². The van der Waals surface area contributed by atoms with Crippen molar-refractivity contribution in [2.45, 2.75) is 16.6 Å². The van der Waals surface area contributed by atoms with Crippen LogP contribution in [-0.4, -0.2) is 19.8 Å². The maximum Gasteiger partial charge on any atom is 0.0916 e. The first kappa shape index (κ1) is 7.78. The van der Waals surface area contributed by atoms with Crippen molar-refractivity contribution in [1.29, 1.82) is 0 Å². The molecule has 1 aliphatic rings. The highest BCUT2D eigenvalue weighted by atomic mass is 127. The zero-order valence-electron chi connectivity index (χ0n) is 5.34. The van der Waals surface area contributed by atoms with E-state index in [4.69, 9.17) is 0 Å². The van der Waals surface area contributed by atoms with Gasteiger partial charge in [-0.25, -0.2) is 8.57 Å². The maximum atomic E-state index is 11.5. The third-order valence-electron chi connectivity index (χ3n) is 1.41. The summed E-state index contributed by atoms with van der Waals surface area (Å²) >= 11 is 2.19. The van der Waals surface area contributed by atoms with E-state index >= 15 is 0 Å². The van der Waals surface area contributed by atoms with Crippen molar-refractivity contribution in [2.75, 3.05) is 12.3 Å². The first-order valence-corrected chi connectivity index (χ1v) is 5.98. The molecule has 0 aromatic carbocycles. The molecule has 1 heterocycles. The van der Waals surface area contributed by atoms with Gasteiger partial charge in [-0.1, -0.05) is 22.6 Å². The lowest BCUT2D eigenvalue weighted by Crippen LogP contribution is -2.10. The van der Waals surface area contributed by atoms with Gasteiger partial charge in [-0.2, -0.15) is 0 Å². The summed E-state index contributed by atoms with van der Waals surface area (Å²) in [6, 6.07) is 0. The molecular formula is C5H10INOS. The molecule has 0 radical (unpaired) electrons. The highest BCUT2D eigenvalue weighted by molar-refractivity contribution is 14.1. The van der Waals surface area contributed by atoms with Gasteiger partial charge in [0.2, 0.25) is 0 Å². The maximum absolute atomic E-state index is 11.5. The first-order valence-electron chi connectivity index (χ1n) is 2.99. The van der Waals surface area contributed by atoms with Gasteiger partial charge in [0.25, 0.3) is 0 Å². The van der Waals surface area contributed by atoms with Gasteiger partial charge in [0.05, 0.1) is 13.0 Å². The van der Waals surface area contributed by atoms with E-state index in [2.05, 4.69) is 27.0 Å². The van der Waals surface area contributed by atoms with Crippen LogP contribution in [0.1, 0.15) is 13.3 Å². The molecule has 0 saturated heterocycles. The molecule has 9 heavy (non-hydrogen) atoms. The van der Waals surface area contributed by atoms with Crippen LogP contribution in [0.2, 0.25) is 0 Å². The van der Waals surface area contributed by atoms with Gasteiger partial charge in [-0.05, 0) is 13.3 Å². The Hall–Kier alpha value is 0.680. The van der Waals surface area contributed by atoms with E-state index < -0.39 is 9.73 Å². The number of hydrogen-bond acceptors (Lipinski definition) is 2. The monoisotopic (exact) mass is 259 g/mol. The summed E-state index contributed by atoms with van der Waals surface area (Å²) in [5.74, 6) is 0.817. The lowest BCUT2D eigenvalue weighted by Gasteiger charge is -2.03. The lowest BCUT2D eigenvalue weighted by molar-refractivity contribution is 0.679. The first-order chi connectivity index (χ1) is 4.15.